The molecule has 0 aliphatic carbocycles. The Hall–Kier alpha value is -0.190. The lowest BCUT2D eigenvalue weighted by Crippen LogP contribution is -2.31. The summed E-state index contributed by atoms with van der Waals surface area (Å²) in [6.07, 6.45) is 5.48. The third kappa shape index (κ3) is 2.98. The minimum atomic E-state index is 0.336. The second-order valence-corrected chi connectivity index (χ2v) is 6.24. The minimum Gasteiger partial charge on any atom is -0.308 e. The highest BCUT2D eigenvalue weighted by molar-refractivity contribution is 8.00. The maximum absolute atomic E-state index is 6.26. The van der Waals surface area contributed by atoms with Crippen molar-refractivity contribution in [3.05, 3.63) is 16.9 Å². The van der Waals surface area contributed by atoms with Crippen LogP contribution in [0.25, 0.3) is 0 Å². The lowest BCUT2D eigenvalue weighted by Gasteiger charge is -2.24. The Morgan fingerprint density at radius 1 is 1.71 bits per heavy atom. The van der Waals surface area contributed by atoms with Crippen LogP contribution >= 0.6 is 23.4 Å². The summed E-state index contributed by atoms with van der Waals surface area (Å²) in [5.41, 5.74) is 1.14. The maximum Gasteiger partial charge on any atom is 0.0834 e. The molecular formula is C12H20ClN3S. The number of aryl methyl sites for hydroxylation is 1. The zero-order chi connectivity index (χ0) is 12.3. The number of nitrogens with zero attached hydrogens (tertiary/aromatic N) is 2. The molecule has 0 bridgehead atoms. The first-order valence-electron chi connectivity index (χ1n) is 6.26. The molecule has 5 heteroatoms. The van der Waals surface area contributed by atoms with Crippen LogP contribution in [-0.2, 0) is 7.05 Å². The molecule has 2 rings (SSSR count). The second-order valence-electron chi connectivity index (χ2n) is 4.48. The SMILES string of the molecule is CCCNC(c1c(Cl)cnn1C)C1CCCS1. The average Bonchev–Trinajstić information content (AvgIpc) is 2.93. The van der Waals surface area contributed by atoms with Crippen molar-refractivity contribution >= 4 is 23.4 Å². The summed E-state index contributed by atoms with van der Waals surface area (Å²) in [5, 5.41) is 9.30. The second kappa shape index (κ2) is 6.12. The molecule has 1 aromatic rings. The standard InChI is InChI=1S/C12H20ClN3S/c1-3-6-14-11(10-5-4-7-17-10)12-9(13)8-15-16(12)2/h8,10-11,14H,3-7H2,1-2H3. The van der Waals surface area contributed by atoms with E-state index in [0.717, 1.165) is 23.7 Å². The zero-order valence-electron chi connectivity index (χ0n) is 10.4. The normalized spacial score (nSPS) is 21.9. The third-order valence-electron chi connectivity index (χ3n) is 3.18. The van der Waals surface area contributed by atoms with Gasteiger partial charge in [0.1, 0.15) is 0 Å². The molecule has 96 valence electrons. The van der Waals surface area contributed by atoms with E-state index in [1.807, 2.05) is 11.7 Å². The first-order valence-corrected chi connectivity index (χ1v) is 7.69. The van der Waals surface area contributed by atoms with E-state index in [4.69, 9.17) is 11.6 Å². The van der Waals surface area contributed by atoms with Gasteiger partial charge >= 0.3 is 0 Å². The van der Waals surface area contributed by atoms with Crippen molar-refractivity contribution in [1.29, 1.82) is 0 Å². The summed E-state index contributed by atoms with van der Waals surface area (Å²) in [4.78, 5) is 0. The number of thioether (sulfide) groups is 1. The van der Waals surface area contributed by atoms with Gasteiger partial charge in [-0.15, -0.1) is 0 Å². The molecule has 2 heterocycles. The Labute approximate surface area is 112 Å². The molecule has 3 nitrogen and oxygen atoms in total. The van der Waals surface area contributed by atoms with Gasteiger partial charge in [-0.3, -0.25) is 4.68 Å². The highest BCUT2D eigenvalue weighted by Gasteiger charge is 2.30. The molecule has 17 heavy (non-hydrogen) atoms. The van der Waals surface area contributed by atoms with Crippen LogP contribution in [0.3, 0.4) is 0 Å². The van der Waals surface area contributed by atoms with Crippen LogP contribution in [0, 0.1) is 0 Å². The van der Waals surface area contributed by atoms with Crippen LogP contribution in [0.4, 0.5) is 0 Å². The molecule has 0 spiro atoms. The third-order valence-corrected chi connectivity index (χ3v) is 4.93. The fraction of sp³-hybridized carbons (Fsp3) is 0.750. The lowest BCUT2D eigenvalue weighted by atomic mass is 10.1. The molecule has 2 unspecified atom stereocenters. The van der Waals surface area contributed by atoms with Gasteiger partial charge < -0.3 is 5.32 Å². The summed E-state index contributed by atoms with van der Waals surface area (Å²) in [7, 11) is 1.97. The summed E-state index contributed by atoms with van der Waals surface area (Å²) in [6, 6.07) is 0.336. The first-order chi connectivity index (χ1) is 8.24. The van der Waals surface area contributed by atoms with Gasteiger partial charge in [-0.2, -0.15) is 16.9 Å². The Kier molecular flexibility index (Phi) is 4.77. The molecule has 2 atom stereocenters. The number of rotatable bonds is 5. The Morgan fingerprint density at radius 2 is 2.53 bits per heavy atom. The predicted molar refractivity (Wildman–Crippen MR) is 74.7 cm³/mol. The number of hydrogen-bond acceptors (Lipinski definition) is 3. The summed E-state index contributed by atoms with van der Waals surface area (Å²) >= 11 is 8.32. The Bertz CT molecular complexity index is 341. The highest BCUT2D eigenvalue weighted by atomic mass is 35.5. The molecule has 0 amide bonds. The van der Waals surface area contributed by atoms with E-state index < -0.39 is 0 Å². The van der Waals surface area contributed by atoms with Crippen LogP contribution in [0.15, 0.2) is 6.20 Å². The molecule has 0 radical (unpaired) electrons. The van der Waals surface area contributed by atoms with E-state index in [1.54, 1.807) is 6.20 Å². The van der Waals surface area contributed by atoms with Crippen molar-refractivity contribution in [2.24, 2.45) is 7.05 Å². The van der Waals surface area contributed by atoms with Crippen LogP contribution in [0.2, 0.25) is 5.02 Å². The average molecular weight is 274 g/mol. The van der Waals surface area contributed by atoms with Crippen LogP contribution in [0.1, 0.15) is 37.9 Å². The Balaban J connectivity index is 2.19. The number of nitrogens with one attached hydrogen (secondary N) is 1. The minimum absolute atomic E-state index is 0.336. The van der Waals surface area contributed by atoms with Gasteiger partial charge in [0, 0.05) is 12.3 Å². The van der Waals surface area contributed by atoms with Crippen molar-refractivity contribution in [2.45, 2.75) is 37.5 Å². The summed E-state index contributed by atoms with van der Waals surface area (Å²) < 4.78 is 1.91. The van der Waals surface area contributed by atoms with E-state index in [9.17, 15) is 0 Å². The van der Waals surface area contributed by atoms with Crippen molar-refractivity contribution in [3.63, 3.8) is 0 Å². The number of halogens is 1. The van der Waals surface area contributed by atoms with Gasteiger partial charge in [-0.25, -0.2) is 0 Å². The van der Waals surface area contributed by atoms with E-state index >= 15 is 0 Å². The van der Waals surface area contributed by atoms with E-state index in [-0.39, 0.29) is 0 Å². The quantitative estimate of drug-likeness (QED) is 0.894. The van der Waals surface area contributed by atoms with Gasteiger partial charge in [0.15, 0.2) is 0 Å². The highest BCUT2D eigenvalue weighted by Crippen LogP contribution is 2.37. The largest absolute Gasteiger partial charge is 0.308 e. The van der Waals surface area contributed by atoms with Crippen molar-refractivity contribution in [3.8, 4) is 0 Å². The number of hydrogen-bond donors (Lipinski definition) is 1. The van der Waals surface area contributed by atoms with Crippen molar-refractivity contribution < 1.29 is 0 Å². The molecule has 1 aliphatic heterocycles. The van der Waals surface area contributed by atoms with Crippen LogP contribution in [-0.4, -0.2) is 27.3 Å². The van der Waals surface area contributed by atoms with E-state index in [2.05, 4.69) is 29.1 Å². The van der Waals surface area contributed by atoms with Crippen LogP contribution < -0.4 is 5.32 Å². The molecule has 1 N–H and O–H groups in total. The van der Waals surface area contributed by atoms with Gasteiger partial charge in [0.05, 0.1) is 23.0 Å². The van der Waals surface area contributed by atoms with Gasteiger partial charge in [0.2, 0.25) is 0 Å². The van der Waals surface area contributed by atoms with Crippen molar-refractivity contribution in [2.75, 3.05) is 12.3 Å². The smallest absolute Gasteiger partial charge is 0.0834 e. The summed E-state index contributed by atoms with van der Waals surface area (Å²) in [5.74, 6) is 1.27. The molecule has 0 aromatic carbocycles. The first kappa shape index (κ1) is 13.2. The molecular weight excluding hydrogens is 254 g/mol. The van der Waals surface area contributed by atoms with E-state index in [0.29, 0.717) is 11.3 Å². The van der Waals surface area contributed by atoms with Crippen molar-refractivity contribution in [1.82, 2.24) is 15.1 Å². The molecule has 1 fully saturated rings. The topological polar surface area (TPSA) is 29.9 Å². The fourth-order valence-electron chi connectivity index (χ4n) is 2.34. The predicted octanol–water partition coefficient (Wildman–Crippen LogP) is 3.01. The van der Waals surface area contributed by atoms with E-state index in [1.165, 1.54) is 18.6 Å². The van der Waals surface area contributed by atoms with Gasteiger partial charge in [-0.1, -0.05) is 18.5 Å². The monoisotopic (exact) mass is 273 g/mol. The van der Waals surface area contributed by atoms with Gasteiger partial charge in [0.25, 0.3) is 0 Å². The fourth-order valence-corrected chi connectivity index (χ4v) is 4.01. The molecule has 0 saturated carbocycles. The lowest BCUT2D eigenvalue weighted by molar-refractivity contribution is 0.473. The zero-order valence-corrected chi connectivity index (χ0v) is 12.0. The molecule has 1 aliphatic rings. The molecule has 1 aromatic heterocycles. The van der Waals surface area contributed by atoms with Gasteiger partial charge in [-0.05, 0) is 31.6 Å². The molecule has 1 saturated heterocycles. The maximum atomic E-state index is 6.26. The van der Waals surface area contributed by atoms with Crippen LogP contribution in [0.5, 0.6) is 0 Å². The summed E-state index contributed by atoms with van der Waals surface area (Å²) in [6.45, 7) is 3.22. The number of aromatic nitrogens is 2. The Morgan fingerprint density at radius 3 is 3.06 bits per heavy atom.